The Labute approximate surface area is 74.7 Å². The van der Waals surface area contributed by atoms with Gasteiger partial charge in [0.25, 0.3) is 0 Å². The van der Waals surface area contributed by atoms with Crippen LogP contribution in [-0.2, 0) is 0 Å². The Bertz CT molecular complexity index is 518. The zero-order valence-corrected chi connectivity index (χ0v) is 6.81. The van der Waals surface area contributed by atoms with Crippen LogP contribution in [0.2, 0.25) is 0 Å². The fourth-order valence-corrected chi connectivity index (χ4v) is 1.46. The van der Waals surface area contributed by atoms with Gasteiger partial charge in [-0.15, -0.1) is 0 Å². The summed E-state index contributed by atoms with van der Waals surface area (Å²) >= 11 is 0. The highest BCUT2D eigenvalue weighted by molar-refractivity contribution is 5.79. The Hall–Kier alpha value is -1.90. The number of hydrogen-bond donors (Lipinski definition) is 0. The first-order valence-corrected chi connectivity index (χ1v) is 4.04. The van der Waals surface area contributed by atoms with Crippen LogP contribution < -0.4 is 0 Å². The van der Waals surface area contributed by atoms with E-state index >= 15 is 0 Å². The molecule has 3 heteroatoms. The Morgan fingerprint density at radius 2 is 2.38 bits per heavy atom. The minimum Gasteiger partial charge on any atom is -0.297 e. The van der Waals surface area contributed by atoms with E-state index in [4.69, 9.17) is 0 Å². The zero-order valence-electron chi connectivity index (χ0n) is 6.81. The van der Waals surface area contributed by atoms with Gasteiger partial charge in [-0.25, -0.2) is 4.98 Å². The molecule has 13 heavy (non-hydrogen) atoms. The van der Waals surface area contributed by atoms with Crippen LogP contribution in [0.15, 0.2) is 36.8 Å². The van der Waals surface area contributed by atoms with Crippen molar-refractivity contribution in [3.05, 3.63) is 42.9 Å². The summed E-state index contributed by atoms with van der Waals surface area (Å²) < 4.78 is 2.00. The zero-order chi connectivity index (χ0) is 8.67. The van der Waals surface area contributed by atoms with E-state index < -0.39 is 0 Å². The molecular weight excluding hydrogens is 162 g/mol. The number of imidazole rings is 1. The molecular formula is C10H6N3. The normalized spacial score (nSPS) is 11.1. The lowest BCUT2D eigenvalue weighted by Crippen LogP contribution is -1.83. The van der Waals surface area contributed by atoms with Crippen LogP contribution in [0, 0.1) is 6.07 Å². The van der Waals surface area contributed by atoms with Gasteiger partial charge in [0, 0.05) is 18.5 Å². The van der Waals surface area contributed by atoms with Crippen molar-refractivity contribution in [1.82, 2.24) is 14.4 Å². The first-order valence-electron chi connectivity index (χ1n) is 4.04. The van der Waals surface area contributed by atoms with Gasteiger partial charge >= 0.3 is 0 Å². The van der Waals surface area contributed by atoms with Crippen LogP contribution in [0.1, 0.15) is 0 Å². The molecule has 0 saturated carbocycles. The Kier molecular flexibility index (Phi) is 1.16. The second-order valence-corrected chi connectivity index (χ2v) is 2.82. The Morgan fingerprint density at radius 1 is 1.38 bits per heavy atom. The van der Waals surface area contributed by atoms with Gasteiger partial charge in [0.2, 0.25) is 0 Å². The van der Waals surface area contributed by atoms with Crippen molar-refractivity contribution in [3.8, 4) is 0 Å². The van der Waals surface area contributed by atoms with Gasteiger partial charge in [-0.1, -0.05) is 12.1 Å². The van der Waals surface area contributed by atoms with Crippen LogP contribution in [0.25, 0.3) is 16.7 Å². The van der Waals surface area contributed by atoms with Crippen molar-refractivity contribution in [2.24, 2.45) is 0 Å². The summed E-state index contributed by atoms with van der Waals surface area (Å²) in [4.78, 5) is 8.37. The molecule has 1 radical (unpaired) electrons. The van der Waals surface area contributed by atoms with Crippen LogP contribution in [0.5, 0.6) is 0 Å². The number of aromatic nitrogens is 3. The predicted octanol–water partition coefficient (Wildman–Crippen LogP) is 1.68. The van der Waals surface area contributed by atoms with Gasteiger partial charge in [0.1, 0.15) is 0 Å². The third kappa shape index (κ3) is 0.839. The summed E-state index contributed by atoms with van der Waals surface area (Å²) in [6.07, 6.45) is 5.40. The molecule has 61 valence electrons. The van der Waals surface area contributed by atoms with Crippen molar-refractivity contribution in [2.45, 2.75) is 0 Å². The molecule has 0 spiro atoms. The molecule has 3 aromatic rings. The molecule has 0 bridgehead atoms. The molecule has 3 nitrogen and oxygen atoms in total. The van der Waals surface area contributed by atoms with E-state index in [1.807, 2.05) is 28.8 Å². The molecule has 0 amide bonds. The van der Waals surface area contributed by atoms with E-state index in [1.54, 1.807) is 12.4 Å². The second kappa shape index (κ2) is 2.29. The summed E-state index contributed by atoms with van der Waals surface area (Å²) in [5.74, 6) is 0. The molecule has 0 unspecified atom stereocenters. The summed E-state index contributed by atoms with van der Waals surface area (Å²) in [7, 11) is 0. The highest BCUT2D eigenvalue weighted by Crippen LogP contribution is 2.13. The van der Waals surface area contributed by atoms with Gasteiger partial charge in [-0.2, -0.15) is 0 Å². The third-order valence-electron chi connectivity index (χ3n) is 2.04. The fraction of sp³-hybridized carbons (Fsp3) is 0. The van der Waals surface area contributed by atoms with Gasteiger partial charge < -0.3 is 0 Å². The largest absolute Gasteiger partial charge is 0.297 e. The van der Waals surface area contributed by atoms with Crippen LogP contribution >= 0.6 is 0 Å². The van der Waals surface area contributed by atoms with Crippen LogP contribution in [-0.4, -0.2) is 14.4 Å². The van der Waals surface area contributed by atoms with Crippen molar-refractivity contribution < 1.29 is 0 Å². The molecule has 0 aliphatic heterocycles. The SMILES string of the molecule is [c]1cccc2c1nc1cnccn12. The summed E-state index contributed by atoms with van der Waals surface area (Å²) in [6.45, 7) is 0. The minimum absolute atomic E-state index is 0.861. The van der Waals surface area contributed by atoms with E-state index in [1.165, 1.54) is 0 Å². The first-order chi connectivity index (χ1) is 6.45. The Morgan fingerprint density at radius 3 is 3.38 bits per heavy atom. The number of para-hydroxylation sites is 1. The van der Waals surface area contributed by atoms with Crippen LogP contribution in [0.4, 0.5) is 0 Å². The molecule has 3 rings (SSSR count). The number of hydrogen-bond acceptors (Lipinski definition) is 2. The number of fused-ring (bicyclic) bond motifs is 3. The molecule has 0 N–H and O–H groups in total. The van der Waals surface area contributed by atoms with E-state index in [2.05, 4.69) is 16.0 Å². The minimum atomic E-state index is 0.861. The standard InChI is InChI=1S/C10H6N3/c1-2-4-9-8(3-1)12-10-7-11-5-6-13(9)10/h1-2,4-7H. The fourth-order valence-electron chi connectivity index (χ4n) is 1.46. The highest BCUT2D eigenvalue weighted by Gasteiger charge is 2.01. The smallest absolute Gasteiger partial charge is 0.156 e. The maximum absolute atomic E-state index is 4.36. The molecule has 0 aliphatic rings. The first kappa shape index (κ1) is 6.60. The lowest BCUT2D eigenvalue weighted by atomic mass is 10.3. The van der Waals surface area contributed by atoms with E-state index in [-0.39, 0.29) is 0 Å². The van der Waals surface area contributed by atoms with Crippen molar-refractivity contribution in [3.63, 3.8) is 0 Å². The molecule has 0 atom stereocenters. The maximum Gasteiger partial charge on any atom is 0.156 e. The van der Waals surface area contributed by atoms with Gasteiger partial charge in [-0.05, 0) is 6.07 Å². The topological polar surface area (TPSA) is 30.2 Å². The van der Waals surface area contributed by atoms with Gasteiger partial charge in [0.05, 0.1) is 17.2 Å². The number of benzene rings is 1. The molecule has 2 aromatic heterocycles. The van der Waals surface area contributed by atoms with Crippen molar-refractivity contribution in [1.29, 1.82) is 0 Å². The van der Waals surface area contributed by atoms with E-state index in [9.17, 15) is 0 Å². The lowest BCUT2D eigenvalue weighted by molar-refractivity contribution is 1.15. The van der Waals surface area contributed by atoms with Crippen molar-refractivity contribution >= 4 is 16.7 Å². The molecule has 0 aliphatic carbocycles. The predicted molar refractivity (Wildman–Crippen MR) is 49.3 cm³/mol. The summed E-state index contributed by atoms with van der Waals surface area (Å²) in [5, 5.41) is 0. The monoisotopic (exact) mass is 168 g/mol. The summed E-state index contributed by atoms with van der Waals surface area (Å²) in [6, 6.07) is 8.92. The van der Waals surface area contributed by atoms with Crippen molar-refractivity contribution in [2.75, 3.05) is 0 Å². The molecule has 2 heterocycles. The maximum atomic E-state index is 4.36. The van der Waals surface area contributed by atoms with Gasteiger partial charge in [-0.3, -0.25) is 9.38 Å². The molecule has 0 saturated heterocycles. The van der Waals surface area contributed by atoms with Gasteiger partial charge in [0.15, 0.2) is 5.65 Å². The highest BCUT2D eigenvalue weighted by atomic mass is 15.0. The Balaban J connectivity index is 2.64. The average molecular weight is 168 g/mol. The van der Waals surface area contributed by atoms with E-state index in [0.29, 0.717) is 0 Å². The number of nitrogens with zero attached hydrogens (tertiary/aromatic N) is 3. The lowest BCUT2D eigenvalue weighted by Gasteiger charge is -1.91. The third-order valence-corrected chi connectivity index (χ3v) is 2.04. The molecule has 1 aromatic carbocycles. The van der Waals surface area contributed by atoms with E-state index in [0.717, 1.165) is 16.7 Å². The second-order valence-electron chi connectivity index (χ2n) is 2.82. The quantitative estimate of drug-likeness (QED) is 0.511. The number of rotatable bonds is 0. The van der Waals surface area contributed by atoms with Crippen LogP contribution in [0.3, 0.4) is 0 Å². The summed E-state index contributed by atoms with van der Waals surface area (Å²) in [5.41, 5.74) is 2.82. The molecule has 0 fully saturated rings. The average Bonchev–Trinajstić information content (AvgIpc) is 2.56.